The summed E-state index contributed by atoms with van der Waals surface area (Å²) in [6.45, 7) is 4.20. The predicted molar refractivity (Wildman–Crippen MR) is 126 cm³/mol. The van der Waals surface area contributed by atoms with E-state index in [0.717, 1.165) is 38.7 Å². The van der Waals surface area contributed by atoms with Gasteiger partial charge in [-0.15, -0.1) is 11.8 Å². The molecule has 3 rings (SSSR count). The number of carbonyl (C=O) groups is 1. The summed E-state index contributed by atoms with van der Waals surface area (Å²) in [5.74, 6) is 1.27. The van der Waals surface area contributed by atoms with Crippen molar-refractivity contribution < 1.29 is 19.4 Å². The first kappa shape index (κ1) is 22.5. The molecule has 0 spiro atoms. The summed E-state index contributed by atoms with van der Waals surface area (Å²) in [5.41, 5.74) is 4.35. The van der Waals surface area contributed by atoms with Crippen LogP contribution in [0.4, 0.5) is 0 Å². The Morgan fingerprint density at radius 1 is 0.968 bits per heavy atom. The van der Waals surface area contributed by atoms with E-state index in [4.69, 9.17) is 14.6 Å². The summed E-state index contributed by atoms with van der Waals surface area (Å²) in [7, 11) is 0. The Balaban J connectivity index is 1.78. The molecule has 0 fully saturated rings. The second-order valence-corrected chi connectivity index (χ2v) is 7.96. The van der Waals surface area contributed by atoms with Crippen LogP contribution in [0, 0.1) is 6.92 Å². The number of hydrogen-bond acceptors (Lipinski definition) is 4. The number of aliphatic carboxylic acids is 1. The molecule has 4 nitrogen and oxygen atoms in total. The lowest BCUT2D eigenvalue weighted by Gasteiger charge is -2.12. The van der Waals surface area contributed by atoms with Gasteiger partial charge in [-0.25, -0.2) is 4.79 Å². The van der Waals surface area contributed by atoms with E-state index in [9.17, 15) is 4.79 Å². The van der Waals surface area contributed by atoms with E-state index in [1.165, 1.54) is 0 Å². The van der Waals surface area contributed by atoms with Gasteiger partial charge >= 0.3 is 5.97 Å². The maximum Gasteiger partial charge on any atom is 0.341 e. The zero-order chi connectivity index (χ0) is 22.1. The number of thioether (sulfide) groups is 1. The van der Waals surface area contributed by atoms with Crippen molar-refractivity contribution in [1.82, 2.24) is 0 Å². The van der Waals surface area contributed by atoms with Crippen molar-refractivity contribution in [2.45, 2.75) is 18.7 Å². The summed E-state index contributed by atoms with van der Waals surface area (Å²) in [5, 5.41) is 8.78. The molecule has 0 aliphatic carbocycles. The normalized spacial score (nSPS) is 11.2. The van der Waals surface area contributed by atoms with E-state index in [1.807, 2.05) is 62.4 Å². The second-order valence-electron chi connectivity index (χ2n) is 6.87. The molecule has 1 N–H and O–H groups in total. The Morgan fingerprint density at radius 2 is 1.74 bits per heavy atom. The molecule has 0 heterocycles. The molecule has 0 amide bonds. The standard InChI is InChI=1S/C26H26O4S/c1-3-29-22-11-7-10-21(17-22)24(20-8-5-4-6-9-20)14-15-31-23-12-13-25(19(2)16-23)30-18-26(27)28/h4-14,16-17H,3,15,18H2,1-2H3,(H,27,28)/b24-14-. The minimum Gasteiger partial charge on any atom is -0.494 e. The van der Waals surface area contributed by atoms with Crippen LogP contribution in [0.5, 0.6) is 11.5 Å². The van der Waals surface area contributed by atoms with Gasteiger partial charge in [0.15, 0.2) is 6.61 Å². The van der Waals surface area contributed by atoms with Gasteiger partial charge in [-0.2, -0.15) is 0 Å². The van der Waals surface area contributed by atoms with E-state index < -0.39 is 5.97 Å². The van der Waals surface area contributed by atoms with E-state index in [1.54, 1.807) is 11.8 Å². The topological polar surface area (TPSA) is 55.8 Å². The van der Waals surface area contributed by atoms with Crippen LogP contribution < -0.4 is 9.47 Å². The summed E-state index contributed by atoms with van der Waals surface area (Å²) in [6, 6.07) is 24.3. The Kier molecular flexibility index (Phi) is 8.19. The van der Waals surface area contributed by atoms with Crippen molar-refractivity contribution in [3.63, 3.8) is 0 Å². The fourth-order valence-corrected chi connectivity index (χ4v) is 4.04. The van der Waals surface area contributed by atoms with Crippen LogP contribution >= 0.6 is 11.8 Å². The minimum absolute atomic E-state index is 0.336. The highest BCUT2D eigenvalue weighted by Gasteiger charge is 2.08. The molecule has 3 aromatic rings. The molecule has 0 radical (unpaired) electrons. The van der Waals surface area contributed by atoms with Crippen molar-refractivity contribution in [2.24, 2.45) is 0 Å². The molecule has 0 saturated heterocycles. The van der Waals surface area contributed by atoms with Crippen LogP contribution in [0.1, 0.15) is 23.6 Å². The van der Waals surface area contributed by atoms with Crippen molar-refractivity contribution in [2.75, 3.05) is 19.0 Å². The lowest BCUT2D eigenvalue weighted by molar-refractivity contribution is -0.139. The fraction of sp³-hybridized carbons (Fsp3) is 0.192. The highest BCUT2D eigenvalue weighted by molar-refractivity contribution is 7.99. The minimum atomic E-state index is -0.982. The smallest absolute Gasteiger partial charge is 0.341 e. The van der Waals surface area contributed by atoms with Crippen molar-refractivity contribution in [1.29, 1.82) is 0 Å². The fourth-order valence-electron chi connectivity index (χ4n) is 3.17. The molecule has 0 bridgehead atoms. The Hall–Kier alpha value is -3.18. The number of hydrogen-bond donors (Lipinski definition) is 1. The van der Waals surface area contributed by atoms with Crippen LogP contribution in [-0.4, -0.2) is 30.0 Å². The zero-order valence-electron chi connectivity index (χ0n) is 17.7. The van der Waals surface area contributed by atoms with E-state index in [0.29, 0.717) is 12.4 Å². The van der Waals surface area contributed by atoms with Gasteiger partial charge in [0.1, 0.15) is 11.5 Å². The van der Waals surface area contributed by atoms with Gasteiger partial charge in [0.2, 0.25) is 0 Å². The van der Waals surface area contributed by atoms with Crippen LogP contribution in [-0.2, 0) is 4.79 Å². The summed E-state index contributed by atoms with van der Waals surface area (Å²) in [6.07, 6.45) is 2.23. The molecule has 0 atom stereocenters. The molecule has 0 aromatic heterocycles. The molecule has 5 heteroatoms. The Bertz CT molecular complexity index is 1040. The summed E-state index contributed by atoms with van der Waals surface area (Å²) >= 11 is 1.72. The molecular formula is C26H26O4S. The Labute approximate surface area is 187 Å². The van der Waals surface area contributed by atoms with Gasteiger partial charge in [-0.05, 0) is 66.4 Å². The molecule has 0 aliphatic rings. The number of carboxylic acid groups (broad SMARTS) is 1. The number of carboxylic acids is 1. The van der Waals surface area contributed by atoms with Crippen LogP contribution in [0.25, 0.3) is 5.57 Å². The summed E-state index contributed by atoms with van der Waals surface area (Å²) in [4.78, 5) is 11.8. The number of ether oxygens (including phenoxy) is 2. The molecule has 0 aliphatic heterocycles. The van der Waals surface area contributed by atoms with Crippen molar-refractivity contribution >= 4 is 23.3 Å². The lowest BCUT2D eigenvalue weighted by atomic mass is 9.98. The first-order valence-electron chi connectivity index (χ1n) is 10.1. The average molecular weight is 435 g/mol. The predicted octanol–water partition coefficient (Wildman–Crippen LogP) is 6.08. The largest absolute Gasteiger partial charge is 0.494 e. The summed E-state index contributed by atoms with van der Waals surface area (Å²) < 4.78 is 11.0. The quantitative estimate of drug-likeness (QED) is 0.392. The Morgan fingerprint density at radius 3 is 2.45 bits per heavy atom. The molecule has 160 valence electrons. The van der Waals surface area contributed by atoms with Crippen molar-refractivity contribution in [3.05, 3.63) is 95.6 Å². The van der Waals surface area contributed by atoms with Crippen LogP contribution in [0.2, 0.25) is 0 Å². The third-order valence-corrected chi connectivity index (χ3v) is 5.50. The molecule has 0 unspecified atom stereocenters. The molecule has 3 aromatic carbocycles. The highest BCUT2D eigenvalue weighted by Crippen LogP contribution is 2.30. The van der Waals surface area contributed by atoms with E-state index >= 15 is 0 Å². The monoisotopic (exact) mass is 434 g/mol. The van der Waals surface area contributed by atoms with Crippen LogP contribution in [0.3, 0.4) is 0 Å². The highest BCUT2D eigenvalue weighted by atomic mass is 32.2. The van der Waals surface area contributed by atoms with Gasteiger partial charge in [0, 0.05) is 10.6 Å². The molecule has 0 saturated carbocycles. The van der Waals surface area contributed by atoms with Gasteiger partial charge < -0.3 is 14.6 Å². The maximum absolute atomic E-state index is 10.7. The van der Waals surface area contributed by atoms with Gasteiger partial charge in [0.05, 0.1) is 6.61 Å². The average Bonchev–Trinajstić information content (AvgIpc) is 2.77. The van der Waals surface area contributed by atoms with E-state index in [2.05, 4.69) is 30.3 Å². The first-order chi connectivity index (χ1) is 15.1. The number of benzene rings is 3. The van der Waals surface area contributed by atoms with Gasteiger partial charge in [-0.1, -0.05) is 48.5 Å². The third kappa shape index (κ3) is 6.66. The van der Waals surface area contributed by atoms with Gasteiger partial charge in [0.25, 0.3) is 0 Å². The molecular weight excluding hydrogens is 408 g/mol. The van der Waals surface area contributed by atoms with Crippen LogP contribution in [0.15, 0.2) is 83.8 Å². The lowest BCUT2D eigenvalue weighted by Crippen LogP contribution is -2.09. The van der Waals surface area contributed by atoms with Crippen molar-refractivity contribution in [3.8, 4) is 11.5 Å². The SMILES string of the molecule is CCOc1cccc(/C(=C\CSc2ccc(OCC(=O)O)c(C)c2)c2ccccc2)c1. The number of aryl methyl sites for hydroxylation is 1. The molecule has 31 heavy (non-hydrogen) atoms. The number of rotatable bonds is 10. The first-order valence-corrected chi connectivity index (χ1v) is 11.1. The zero-order valence-corrected chi connectivity index (χ0v) is 18.5. The van der Waals surface area contributed by atoms with E-state index in [-0.39, 0.29) is 6.61 Å². The second kappa shape index (κ2) is 11.3. The third-order valence-electron chi connectivity index (χ3n) is 4.58. The maximum atomic E-state index is 10.7. The van der Waals surface area contributed by atoms with Gasteiger partial charge in [-0.3, -0.25) is 0 Å².